The summed E-state index contributed by atoms with van der Waals surface area (Å²) in [5, 5.41) is 5.99. The molecule has 0 aliphatic rings. The first-order valence-electron chi connectivity index (χ1n) is 8.65. The van der Waals surface area contributed by atoms with Crippen LogP contribution in [-0.4, -0.2) is 11.8 Å². The molecule has 2 aromatic carbocycles. The molecule has 3 rings (SSSR count). The fraction of sp³-hybridized carbons (Fsp3) is 0.0909. The Kier molecular flexibility index (Phi) is 5.96. The first-order chi connectivity index (χ1) is 13.4. The Morgan fingerprint density at radius 1 is 0.964 bits per heavy atom. The van der Waals surface area contributed by atoms with Gasteiger partial charge < -0.3 is 15.1 Å². The van der Waals surface area contributed by atoms with E-state index in [-0.39, 0.29) is 5.70 Å². The summed E-state index contributed by atoms with van der Waals surface area (Å²) in [4.78, 5) is 25.4. The molecule has 3 aromatic rings. The number of carbonyl (C=O) groups excluding carboxylic acids is 2. The maximum Gasteiger partial charge on any atom is 0.272 e. The molecule has 0 aliphatic heterocycles. The molecule has 0 saturated carbocycles. The van der Waals surface area contributed by atoms with Crippen molar-refractivity contribution in [1.82, 2.24) is 5.32 Å². The zero-order valence-electron chi connectivity index (χ0n) is 15.5. The fourth-order valence-electron chi connectivity index (χ4n) is 2.55. The number of nitrogens with one attached hydrogen (secondary N) is 2. The highest BCUT2D eigenvalue weighted by atomic mass is 35.5. The van der Waals surface area contributed by atoms with Gasteiger partial charge in [0.1, 0.15) is 17.2 Å². The smallest absolute Gasteiger partial charge is 0.272 e. The van der Waals surface area contributed by atoms with Gasteiger partial charge in [-0.2, -0.15) is 0 Å². The number of carbonyl (C=O) groups is 2. The highest BCUT2D eigenvalue weighted by molar-refractivity contribution is 6.31. The van der Waals surface area contributed by atoms with Gasteiger partial charge in [0.2, 0.25) is 0 Å². The Bertz CT molecular complexity index is 1040. The molecule has 0 bridgehead atoms. The van der Waals surface area contributed by atoms with Gasteiger partial charge in [0.25, 0.3) is 11.8 Å². The fourth-order valence-corrected chi connectivity index (χ4v) is 2.72. The molecule has 0 spiro atoms. The van der Waals surface area contributed by atoms with Crippen molar-refractivity contribution in [2.75, 3.05) is 5.32 Å². The number of hydrogen-bond acceptors (Lipinski definition) is 3. The molecule has 2 amide bonds. The van der Waals surface area contributed by atoms with E-state index in [9.17, 15) is 9.59 Å². The minimum absolute atomic E-state index is 0.0579. The average molecular weight is 395 g/mol. The molecule has 0 atom stereocenters. The Morgan fingerprint density at radius 3 is 2.39 bits per heavy atom. The van der Waals surface area contributed by atoms with Crippen molar-refractivity contribution in [3.63, 3.8) is 0 Å². The second kappa shape index (κ2) is 8.59. The molecule has 0 unspecified atom stereocenters. The summed E-state index contributed by atoms with van der Waals surface area (Å²) in [6.45, 7) is 3.61. The van der Waals surface area contributed by atoms with Crippen molar-refractivity contribution in [3.05, 3.63) is 94.0 Å². The van der Waals surface area contributed by atoms with Gasteiger partial charge in [0.05, 0.1) is 0 Å². The number of amides is 2. The number of halogens is 1. The van der Waals surface area contributed by atoms with Gasteiger partial charge in [-0.25, -0.2) is 0 Å². The van der Waals surface area contributed by atoms with E-state index >= 15 is 0 Å². The Hall–Kier alpha value is -3.31. The second-order valence-corrected chi connectivity index (χ2v) is 6.60. The molecule has 0 saturated heterocycles. The third kappa shape index (κ3) is 4.69. The zero-order chi connectivity index (χ0) is 20.1. The maximum absolute atomic E-state index is 12.9. The van der Waals surface area contributed by atoms with E-state index in [0.717, 1.165) is 5.56 Å². The molecule has 6 heteroatoms. The molecule has 2 N–H and O–H groups in total. The number of rotatable bonds is 5. The van der Waals surface area contributed by atoms with Gasteiger partial charge in [0, 0.05) is 22.3 Å². The maximum atomic E-state index is 12.9. The molecule has 1 heterocycles. The Balaban J connectivity index is 1.89. The van der Waals surface area contributed by atoms with Crippen LogP contribution in [0, 0.1) is 13.8 Å². The lowest BCUT2D eigenvalue weighted by Crippen LogP contribution is -2.30. The Labute approximate surface area is 168 Å². The molecule has 142 valence electrons. The van der Waals surface area contributed by atoms with Crippen molar-refractivity contribution in [2.45, 2.75) is 13.8 Å². The van der Waals surface area contributed by atoms with Gasteiger partial charge >= 0.3 is 0 Å². The van der Waals surface area contributed by atoms with Crippen LogP contribution in [0.15, 0.2) is 70.8 Å². The quantitative estimate of drug-likeness (QED) is 0.601. The molecular formula is C22H19ClN2O3. The van der Waals surface area contributed by atoms with Crippen LogP contribution >= 0.6 is 11.6 Å². The third-order valence-electron chi connectivity index (χ3n) is 4.09. The van der Waals surface area contributed by atoms with Gasteiger partial charge in [-0.15, -0.1) is 0 Å². The minimum atomic E-state index is -0.483. The van der Waals surface area contributed by atoms with E-state index in [1.165, 1.54) is 6.08 Å². The van der Waals surface area contributed by atoms with Crippen molar-refractivity contribution in [2.24, 2.45) is 0 Å². The van der Waals surface area contributed by atoms with Crippen molar-refractivity contribution in [3.8, 4) is 0 Å². The lowest BCUT2D eigenvalue weighted by molar-refractivity contribution is -0.113. The number of benzene rings is 2. The number of aryl methyl sites for hydroxylation is 1. The van der Waals surface area contributed by atoms with Crippen LogP contribution in [0.3, 0.4) is 0 Å². The van der Waals surface area contributed by atoms with Gasteiger partial charge in [-0.1, -0.05) is 35.9 Å². The Morgan fingerprint density at radius 2 is 1.71 bits per heavy atom. The summed E-state index contributed by atoms with van der Waals surface area (Å²) in [7, 11) is 0. The summed E-state index contributed by atoms with van der Waals surface area (Å²) in [6.07, 6.45) is 1.49. The molecule has 0 aliphatic carbocycles. The van der Waals surface area contributed by atoms with Crippen molar-refractivity contribution >= 4 is 35.2 Å². The van der Waals surface area contributed by atoms with Crippen LogP contribution in [-0.2, 0) is 4.79 Å². The third-order valence-corrected chi connectivity index (χ3v) is 4.50. The normalized spacial score (nSPS) is 11.2. The lowest BCUT2D eigenvalue weighted by Gasteiger charge is -2.13. The topological polar surface area (TPSA) is 71.3 Å². The summed E-state index contributed by atoms with van der Waals surface area (Å²) in [5.41, 5.74) is 1.80. The number of hydrogen-bond donors (Lipinski definition) is 2. The van der Waals surface area contributed by atoms with Crippen LogP contribution in [0.2, 0.25) is 5.02 Å². The standard InChI is InChI=1S/C22H19ClN2O3/c1-14-11-12-17(28-14)13-20(25-21(26)16-7-4-3-5-8-16)22(27)24-19-10-6-9-18(23)15(19)2/h3-13H,1-2H3,(H,24,27)(H,25,26)/b20-13-. The van der Waals surface area contributed by atoms with E-state index < -0.39 is 11.8 Å². The van der Waals surface area contributed by atoms with Crippen molar-refractivity contribution < 1.29 is 14.0 Å². The summed E-state index contributed by atoms with van der Waals surface area (Å²) in [5.74, 6) is 0.279. The summed E-state index contributed by atoms with van der Waals surface area (Å²) in [6, 6.07) is 17.4. The molecule has 1 aromatic heterocycles. The average Bonchev–Trinajstić information content (AvgIpc) is 3.10. The largest absolute Gasteiger partial charge is 0.462 e. The minimum Gasteiger partial charge on any atom is -0.462 e. The number of anilines is 1. The van der Waals surface area contributed by atoms with Crippen LogP contribution in [0.1, 0.15) is 27.4 Å². The van der Waals surface area contributed by atoms with Gasteiger partial charge in [0.15, 0.2) is 0 Å². The molecule has 0 fully saturated rings. The first-order valence-corrected chi connectivity index (χ1v) is 9.03. The molecule has 28 heavy (non-hydrogen) atoms. The zero-order valence-corrected chi connectivity index (χ0v) is 16.2. The first kappa shape index (κ1) is 19.5. The van der Waals surface area contributed by atoms with E-state index in [4.69, 9.17) is 16.0 Å². The predicted molar refractivity (Wildman–Crippen MR) is 110 cm³/mol. The van der Waals surface area contributed by atoms with E-state index in [1.54, 1.807) is 68.4 Å². The van der Waals surface area contributed by atoms with Gasteiger partial charge in [-0.3, -0.25) is 9.59 Å². The number of furan rings is 1. The summed E-state index contributed by atoms with van der Waals surface area (Å²) < 4.78 is 5.52. The molecule has 0 radical (unpaired) electrons. The van der Waals surface area contributed by atoms with E-state index in [1.807, 2.05) is 6.07 Å². The van der Waals surface area contributed by atoms with Crippen LogP contribution in [0.4, 0.5) is 5.69 Å². The monoisotopic (exact) mass is 394 g/mol. The SMILES string of the molecule is Cc1ccc(/C=C(\NC(=O)c2ccccc2)C(=O)Nc2cccc(Cl)c2C)o1. The van der Waals surface area contributed by atoms with Gasteiger partial charge in [-0.05, 0) is 55.8 Å². The highest BCUT2D eigenvalue weighted by Gasteiger charge is 2.17. The van der Waals surface area contributed by atoms with Crippen molar-refractivity contribution in [1.29, 1.82) is 0 Å². The van der Waals surface area contributed by atoms with Crippen LogP contribution in [0.25, 0.3) is 6.08 Å². The van der Waals surface area contributed by atoms with Crippen LogP contribution in [0.5, 0.6) is 0 Å². The van der Waals surface area contributed by atoms with E-state index in [0.29, 0.717) is 27.8 Å². The molecule has 5 nitrogen and oxygen atoms in total. The highest BCUT2D eigenvalue weighted by Crippen LogP contribution is 2.23. The van der Waals surface area contributed by atoms with E-state index in [2.05, 4.69) is 10.6 Å². The summed E-state index contributed by atoms with van der Waals surface area (Å²) >= 11 is 6.12. The predicted octanol–water partition coefficient (Wildman–Crippen LogP) is 4.96. The molecular weight excluding hydrogens is 376 g/mol. The lowest BCUT2D eigenvalue weighted by atomic mass is 10.2. The van der Waals surface area contributed by atoms with Crippen LogP contribution < -0.4 is 10.6 Å². The second-order valence-electron chi connectivity index (χ2n) is 6.19.